The SMILES string of the molecule is CCCCCCCCCCCCC(=O)OC[C@H](COP(=O)(O)OC[C@@H](O)COP(=O)(O)OC[C@@H](COC(=O)CCCCCCCCCC)OC(=O)CCCCCCCCCCCC)OC(=O)CCCCCCCCCCC(C)C. The number of hydrogen-bond donors (Lipinski definition) is 3. The van der Waals surface area contributed by atoms with Gasteiger partial charge in [-0.25, -0.2) is 9.13 Å². The van der Waals surface area contributed by atoms with Crippen LogP contribution in [0.3, 0.4) is 0 Å². The monoisotopic (exact) mass is 1170 g/mol. The van der Waals surface area contributed by atoms with Crippen LogP contribution >= 0.6 is 15.6 Å². The van der Waals surface area contributed by atoms with Crippen LogP contribution in [0.25, 0.3) is 0 Å². The number of phosphoric acid groups is 2. The molecular formula is C60H116O17P2. The predicted molar refractivity (Wildman–Crippen MR) is 312 cm³/mol. The van der Waals surface area contributed by atoms with Crippen LogP contribution in [0.5, 0.6) is 0 Å². The average Bonchev–Trinajstić information content (AvgIpc) is 3.41. The molecule has 0 fully saturated rings. The van der Waals surface area contributed by atoms with E-state index in [2.05, 4.69) is 34.6 Å². The van der Waals surface area contributed by atoms with Crippen molar-refractivity contribution in [3.63, 3.8) is 0 Å². The molecule has 0 radical (unpaired) electrons. The molecule has 0 heterocycles. The molecule has 2 unspecified atom stereocenters. The third-order valence-electron chi connectivity index (χ3n) is 13.8. The Morgan fingerprint density at radius 1 is 0.342 bits per heavy atom. The van der Waals surface area contributed by atoms with Gasteiger partial charge in [0.25, 0.3) is 0 Å². The van der Waals surface area contributed by atoms with Gasteiger partial charge in [-0.05, 0) is 31.6 Å². The first-order chi connectivity index (χ1) is 38.0. The lowest BCUT2D eigenvalue weighted by Crippen LogP contribution is -2.30. The van der Waals surface area contributed by atoms with Crippen molar-refractivity contribution in [3.05, 3.63) is 0 Å². The Labute approximate surface area is 479 Å². The molecule has 5 atom stereocenters. The molecular weight excluding hydrogens is 1050 g/mol. The third kappa shape index (κ3) is 55.0. The second-order valence-electron chi connectivity index (χ2n) is 22.2. The van der Waals surface area contributed by atoms with Crippen LogP contribution in [0, 0.1) is 5.92 Å². The van der Waals surface area contributed by atoms with Gasteiger partial charge < -0.3 is 33.8 Å². The van der Waals surface area contributed by atoms with Gasteiger partial charge in [0.05, 0.1) is 26.4 Å². The van der Waals surface area contributed by atoms with Crippen LogP contribution in [-0.4, -0.2) is 96.7 Å². The predicted octanol–water partition coefficient (Wildman–Crippen LogP) is 16.2. The highest BCUT2D eigenvalue weighted by Gasteiger charge is 2.30. The number of hydrogen-bond acceptors (Lipinski definition) is 15. The van der Waals surface area contributed by atoms with E-state index < -0.39 is 97.5 Å². The highest BCUT2D eigenvalue weighted by Crippen LogP contribution is 2.45. The summed E-state index contributed by atoms with van der Waals surface area (Å²) in [4.78, 5) is 71.9. The van der Waals surface area contributed by atoms with Crippen molar-refractivity contribution in [2.75, 3.05) is 39.6 Å². The molecule has 0 amide bonds. The first-order valence-electron chi connectivity index (χ1n) is 31.6. The van der Waals surface area contributed by atoms with Crippen LogP contribution in [0.4, 0.5) is 0 Å². The molecule has 0 aliphatic heterocycles. The minimum absolute atomic E-state index is 0.105. The summed E-state index contributed by atoms with van der Waals surface area (Å²) in [6, 6.07) is 0. The number of rotatable bonds is 60. The molecule has 0 saturated carbocycles. The van der Waals surface area contributed by atoms with Crippen molar-refractivity contribution < 1.29 is 80.2 Å². The maximum absolute atomic E-state index is 12.9. The van der Waals surface area contributed by atoms with Crippen LogP contribution < -0.4 is 0 Å². The Hall–Kier alpha value is -1.94. The summed E-state index contributed by atoms with van der Waals surface area (Å²) in [7, 11) is -9.87. The van der Waals surface area contributed by atoms with Crippen LogP contribution in [0.2, 0.25) is 0 Å². The smallest absolute Gasteiger partial charge is 0.462 e. The number of aliphatic hydroxyl groups excluding tert-OH is 1. The van der Waals surface area contributed by atoms with Gasteiger partial charge in [0, 0.05) is 25.7 Å². The summed E-state index contributed by atoms with van der Waals surface area (Å²) < 4.78 is 67.7. The number of carbonyl (C=O) groups excluding carboxylic acids is 4. The van der Waals surface area contributed by atoms with Gasteiger partial charge in [-0.2, -0.15) is 0 Å². The van der Waals surface area contributed by atoms with E-state index in [1.54, 1.807) is 0 Å². The highest BCUT2D eigenvalue weighted by molar-refractivity contribution is 7.47. The van der Waals surface area contributed by atoms with Crippen molar-refractivity contribution in [2.24, 2.45) is 5.92 Å². The van der Waals surface area contributed by atoms with Gasteiger partial charge in [0.2, 0.25) is 0 Å². The van der Waals surface area contributed by atoms with E-state index in [-0.39, 0.29) is 25.7 Å². The lowest BCUT2D eigenvalue weighted by Gasteiger charge is -2.21. The Balaban J connectivity index is 5.22. The fourth-order valence-corrected chi connectivity index (χ4v) is 10.5. The van der Waals surface area contributed by atoms with Crippen molar-refractivity contribution in [3.8, 4) is 0 Å². The van der Waals surface area contributed by atoms with Crippen molar-refractivity contribution >= 4 is 39.5 Å². The maximum atomic E-state index is 12.9. The Morgan fingerprint density at radius 2 is 0.582 bits per heavy atom. The summed E-state index contributed by atoms with van der Waals surface area (Å²) in [6.07, 6.45) is 36.2. The molecule has 79 heavy (non-hydrogen) atoms. The van der Waals surface area contributed by atoms with E-state index in [0.717, 1.165) is 102 Å². The number of phosphoric ester groups is 2. The molecule has 468 valence electrons. The second kappa shape index (κ2) is 54.0. The molecule has 0 aromatic heterocycles. The fraction of sp³-hybridized carbons (Fsp3) is 0.933. The molecule has 0 spiro atoms. The molecule has 17 nitrogen and oxygen atoms in total. The van der Waals surface area contributed by atoms with Crippen LogP contribution in [0.1, 0.15) is 298 Å². The highest BCUT2D eigenvalue weighted by atomic mass is 31.2. The molecule has 0 bridgehead atoms. The first-order valence-corrected chi connectivity index (χ1v) is 34.6. The van der Waals surface area contributed by atoms with E-state index in [9.17, 15) is 43.2 Å². The molecule has 0 aromatic rings. The summed E-state index contributed by atoms with van der Waals surface area (Å²) in [5.74, 6) is -1.42. The van der Waals surface area contributed by atoms with Gasteiger partial charge >= 0.3 is 39.5 Å². The number of aliphatic hydroxyl groups is 1. The van der Waals surface area contributed by atoms with Crippen LogP contribution in [0.15, 0.2) is 0 Å². The standard InChI is InChI=1S/C60H116O17P2/c1-6-9-12-15-18-21-23-29-34-39-44-58(63)71-50-56(77-60(65)46-41-36-31-26-25-27-32-37-42-53(4)5)52-75-79(68,69)73-48-54(61)47-72-78(66,67)74-51-55(49-70-57(62)43-38-33-28-20-17-14-11-8-3)76-59(64)45-40-35-30-24-22-19-16-13-10-7-2/h53-56,61H,6-52H2,1-5H3,(H,66,67)(H,68,69)/t54-,55+,56+/m0/s1. The maximum Gasteiger partial charge on any atom is 0.472 e. The van der Waals surface area contributed by atoms with Crippen molar-refractivity contribution in [2.45, 2.75) is 316 Å². The average molecular weight is 1170 g/mol. The normalized spacial score (nSPS) is 14.3. The van der Waals surface area contributed by atoms with Crippen molar-refractivity contribution in [1.29, 1.82) is 0 Å². The number of ether oxygens (including phenoxy) is 4. The van der Waals surface area contributed by atoms with Gasteiger partial charge in [-0.15, -0.1) is 0 Å². The van der Waals surface area contributed by atoms with Gasteiger partial charge in [-0.3, -0.25) is 37.3 Å². The van der Waals surface area contributed by atoms with E-state index in [1.807, 2.05) is 0 Å². The summed E-state index contributed by atoms with van der Waals surface area (Å²) in [5, 5.41) is 10.5. The third-order valence-corrected chi connectivity index (χ3v) is 15.7. The van der Waals surface area contributed by atoms with Gasteiger partial charge in [0.1, 0.15) is 19.3 Å². The van der Waals surface area contributed by atoms with Crippen LogP contribution in [-0.2, 0) is 65.4 Å². The van der Waals surface area contributed by atoms with E-state index >= 15 is 0 Å². The van der Waals surface area contributed by atoms with E-state index in [0.29, 0.717) is 25.7 Å². The number of carbonyl (C=O) groups is 4. The van der Waals surface area contributed by atoms with Gasteiger partial charge in [-0.1, -0.05) is 247 Å². The summed E-state index contributed by atoms with van der Waals surface area (Å²) in [6.45, 7) is 7.08. The summed E-state index contributed by atoms with van der Waals surface area (Å²) in [5.41, 5.74) is 0. The zero-order chi connectivity index (χ0) is 58.5. The quantitative estimate of drug-likeness (QED) is 0.0222. The second-order valence-corrected chi connectivity index (χ2v) is 25.1. The Kier molecular flexibility index (Phi) is 52.7. The Bertz CT molecular complexity index is 1550. The lowest BCUT2D eigenvalue weighted by atomic mass is 10.0. The minimum Gasteiger partial charge on any atom is -0.462 e. The fourth-order valence-electron chi connectivity index (χ4n) is 8.88. The zero-order valence-electron chi connectivity index (χ0n) is 50.5. The number of unbranched alkanes of at least 4 members (excludes halogenated alkanes) is 32. The van der Waals surface area contributed by atoms with Crippen molar-refractivity contribution in [1.82, 2.24) is 0 Å². The summed E-state index contributed by atoms with van der Waals surface area (Å²) >= 11 is 0. The minimum atomic E-state index is -4.94. The topological polar surface area (TPSA) is 237 Å². The Morgan fingerprint density at radius 3 is 0.861 bits per heavy atom. The molecule has 0 aromatic carbocycles. The molecule has 19 heteroatoms. The molecule has 0 aliphatic rings. The molecule has 0 rings (SSSR count). The van der Waals surface area contributed by atoms with E-state index in [1.165, 1.54) is 116 Å². The zero-order valence-corrected chi connectivity index (χ0v) is 52.3. The number of esters is 4. The van der Waals surface area contributed by atoms with E-state index in [4.69, 9.17) is 37.0 Å². The molecule has 0 saturated heterocycles. The largest absolute Gasteiger partial charge is 0.472 e. The molecule has 3 N–H and O–H groups in total. The molecule has 0 aliphatic carbocycles. The lowest BCUT2D eigenvalue weighted by molar-refractivity contribution is -0.161. The van der Waals surface area contributed by atoms with Gasteiger partial charge in [0.15, 0.2) is 12.2 Å². The first kappa shape index (κ1) is 77.1.